The van der Waals surface area contributed by atoms with E-state index in [1.54, 1.807) is 4.90 Å². The van der Waals surface area contributed by atoms with E-state index in [1.165, 1.54) is 0 Å². The number of rotatable bonds is 3. The first-order valence-electron chi connectivity index (χ1n) is 4.56. The van der Waals surface area contributed by atoms with Crippen LogP contribution in [0.15, 0.2) is 0 Å². The Labute approximate surface area is 82.0 Å². The van der Waals surface area contributed by atoms with Crippen LogP contribution in [0.4, 0.5) is 0 Å². The van der Waals surface area contributed by atoms with Crippen molar-refractivity contribution >= 4 is 0 Å². The standard InChI is InChI=1S/C8H17NO5/c10-2-1-9-3-6(12)7(13)8(14,4-9)5-11/h6-7,10-14H,1-5H2. The number of hydrogen-bond donors (Lipinski definition) is 5. The fraction of sp³-hybridized carbons (Fsp3) is 1.00. The quantitative estimate of drug-likeness (QED) is 0.333. The predicted molar refractivity (Wildman–Crippen MR) is 47.6 cm³/mol. The van der Waals surface area contributed by atoms with E-state index in [9.17, 15) is 15.3 Å². The van der Waals surface area contributed by atoms with Crippen LogP contribution in [0.3, 0.4) is 0 Å². The largest absolute Gasteiger partial charge is 0.395 e. The van der Waals surface area contributed by atoms with Gasteiger partial charge in [0.1, 0.15) is 11.7 Å². The summed E-state index contributed by atoms with van der Waals surface area (Å²) in [6, 6.07) is 0. The Bertz CT molecular complexity index is 191. The van der Waals surface area contributed by atoms with Crippen LogP contribution in [0.5, 0.6) is 0 Å². The van der Waals surface area contributed by atoms with Crippen LogP contribution in [-0.4, -0.2) is 81.1 Å². The average molecular weight is 207 g/mol. The molecular formula is C8H17NO5. The lowest BCUT2D eigenvalue weighted by Gasteiger charge is -2.44. The molecule has 0 aromatic heterocycles. The summed E-state index contributed by atoms with van der Waals surface area (Å²) in [5.41, 5.74) is -1.70. The lowest BCUT2D eigenvalue weighted by molar-refractivity contribution is -0.186. The van der Waals surface area contributed by atoms with E-state index >= 15 is 0 Å². The van der Waals surface area contributed by atoms with Gasteiger partial charge in [-0.1, -0.05) is 0 Å². The zero-order chi connectivity index (χ0) is 10.8. The molecule has 3 atom stereocenters. The van der Waals surface area contributed by atoms with E-state index in [1.807, 2.05) is 0 Å². The van der Waals surface area contributed by atoms with Crippen molar-refractivity contribution in [2.45, 2.75) is 17.8 Å². The molecule has 14 heavy (non-hydrogen) atoms. The Hall–Kier alpha value is -0.240. The molecule has 1 rings (SSSR count). The highest BCUT2D eigenvalue weighted by atomic mass is 16.4. The van der Waals surface area contributed by atoms with E-state index in [-0.39, 0.29) is 19.7 Å². The van der Waals surface area contributed by atoms with Crippen LogP contribution >= 0.6 is 0 Å². The molecule has 0 bridgehead atoms. The minimum Gasteiger partial charge on any atom is -0.395 e. The van der Waals surface area contributed by atoms with E-state index in [2.05, 4.69) is 0 Å². The summed E-state index contributed by atoms with van der Waals surface area (Å²) in [5.74, 6) is 0. The summed E-state index contributed by atoms with van der Waals surface area (Å²) in [4.78, 5) is 1.59. The third-order valence-electron chi connectivity index (χ3n) is 2.55. The molecule has 1 fully saturated rings. The van der Waals surface area contributed by atoms with E-state index in [0.29, 0.717) is 6.54 Å². The fourth-order valence-corrected chi connectivity index (χ4v) is 1.72. The first-order valence-corrected chi connectivity index (χ1v) is 4.56. The van der Waals surface area contributed by atoms with Gasteiger partial charge in [-0.05, 0) is 0 Å². The van der Waals surface area contributed by atoms with Gasteiger partial charge < -0.3 is 25.5 Å². The van der Waals surface area contributed by atoms with E-state index in [0.717, 1.165) is 0 Å². The Morgan fingerprint density at radius 3 is 2.43 bits per heavy atom. The topological polar surface area (TPSA) is 104 Å². The maximum atomic E-state index is 9.73. The number of β-amino-alcohol motifs (C(OH)–C–C–N with tert-alkyl or cyclic N) is 3. The van der Waals surface area contributed by atoms with Crippen molar-refractivity contribution in [2.75, 3.05) is 32.8 Å². The van der Waals surface area contributed by atoms with Crippen molar-refractivity contribution < 1.29 is 25.5 Å². The highest BCUT2D eigenvalue weighted by Gasteiger charge is 2.45. The molecule has 1 saturated heterocycles. The number of piperidine rings is 1. The molecule has 0 radical (unpaired) electrons. The maximum Gasteiger partial charge on any atom is 0.129 e. The van der Waals surface area contributed by atoms with Gasteiger partial charge in [-0.15, -0.1) is 0 Å². The summed E-state index contributed by atoms with van der Waals surface area (Å²) in [6.45, 7) is -0.185. The monoisotopic (exact) mass is 207 g/mol. The highest BCUT2D eigenvalue weighted by Crippen LogP contribution is 2.21. The summed E-state index contributed by atoms with van der Waals surface area (Å²) in [6.07, 6.45) is -2.45. The van der Waals surface area contributed by atoms with Gasteiger partial charge in [0.2, 0.25) is 0 Å². The third kappa shape index (κ3) is 2.22. The summed E-state index contributed by atoms with van der Waals surface area (Å²) in [5, 5.41) is 46.2. The molecule has 84 valence electrons. The third-order valence-corrected chi connectivity index (χ3v) is 2.55. The number of nitrogens with zero attached hydrogens (tertiary/aromatic N) is 1. The molecule has 1 heterocycles. The van der Waals surface area contributed by atoms with Crippen LogP contribution in [0, 0.1) is 0 Å². The molecule has 3 unspecified atom stereocenters. The molecule has 0 spiro atoms. The molecule has 1 aliphatic heterocycles. The van der Waals surface area contributed by atoms with Crippen LogP contribution in [-0.2, 0) is 0 Å². The number of aliphatic hydroxyl groups is 5. The first kappa shape index (κ1) is 11.8. The van der Waals surface area contributed by atoms with Crippen LogP contribution in [0.2, 0.25) is 0 Å². The summed E-state index contributed by atoms with van der Waals surface area (Å²) >= 11 is 0. The second-order valence-corrected chi connectivity index (χ2v) is 3.73. The Morgan fingerprint density at radius 2 is 1.93 bits per heavy atom. The molecular weight excluding hydrogens is 190 g/mol. The molecule has 6 heteroatoms. The van der Waals surface area contributed by atoms with Crippen LogP contribution in [0.25, 0.3) is 0 Å². The number of likely N-dealkylation sites (tertiary alicyclic amines) is 1. The fourth-order valence-electron chi connectivity index (χ4n) is 1.72. The SMILES string of the molecule is OCCN1CC(O)C(O)C(O)(CO)C1. The Balaban J connectivity index is 2.66. The van der Waals surface area contributed by atoms with Crippen molar-refractivity contribution in [3.05, 3.63) is 0 Å². The van der Waals surface area contributed by atoms with Gasteiger partial charge in [-0.3, -0.25) is 4.90 Å². The lowest BCUT2D eigenvalue weighted by Crippen LogP contribution is -2.65. The van der Waals surface area contributed by atoms with Crippen LogP contribution < -0.4 is 0 Å². The smallest absolute Gasteiger partial charge is 0.129 e. The number of aliphatic hydroxyl groups excluding tert-OH is 4. The lowest BCUT2D eigenvalue weighted by atomic mass is 9.88. The zero-order valence-electron chi connectivity index (χ0n) is 7.87. The molecule has 0 aromatic carbocycles. The average Bonchev–Trinajstić information content (AvgIpc) is 2.15. The molecule has 0 aromatic rings. The van der Waals surface area contributed by atoms with Crippen molar-refractivity contribution in [2.24, 2.45) is 0 Å². The minimum atomic E-state index is -1.70. The van der Waals surface area contributed by atoms with Gasteiger partial charge in [-0.25, -0.2) is 0 Å². The van der Waals surface area contributed by atoms with Crippen molar-refractivity contribution in [3.8, 4) is 0 Å². The summed E-state index contributed by atoms with van der Waals surface area (Å²) < 4.78 is 0. The molecule has 1 aliphatic rings. The Kier molecular flexibility index (Phi) is 3.82. The van der Waals surface area contributed by atoms with Crippen molar-refractivity contribution in [1.82, 2.24) is 4.90 Å². The first-order chi connectivity index (χ1) is 6.53. The van der Waals surface area contributed by atoms with Gasteiger partial charge >= 0.3 is 0 Å². The van der Waals surface area contributed by atoms with Gasteiger partial charge in [0.25, 0.3) is 0 Å². The van der Waals surface area contributed by atoms with Crippen molar-refractivity contribution in [3.63, 3.8) is 0 Å². The second kappa shape index (κ2) is 4.52. The predicted octanol–water partition coefficient (Wildman–Crippen LogP) is -3.26. The summed E-state index contributed by atoms with van der Waals surface area (Å²) in [7, 11) is 0. The number of hydrogen-bond acceptors (Lipinski definition) is 6. The molecule has 0 saturated carbocycles. The van der Waals surface area contributed by atoms with Gasteiger partial charge in [-0.2, -0.15) is 0 Å². The maximum absolute atomic E-state index is 9.73. The normalized spacial score (nSPS) is 40.1. The van der Waals surface area contributed by atoms with Crippen LogP contribution in [0.1, 0.15) is 0 Å². The molecule has 5 N–H and O–H groups in total. The van der Waals surface area contributed by atoms with E-state index in [4.69, 9.17) is 10.2 Å². The Morgan fingerprint density at radius 1 is 1.29 bits per heavy atom. The molecule has 0 aliphatic carbocycles. The minimum absolute atomic E-state index is 0.0439. The molecule has 0 amide bonds. The van der Waals surface area contributed by atoms with Crippen molar-refractivity contribution in [1.29, 1.82) is 0 Å². The van der Waals surface area contributed by atoms with Gasteiger partial charge in [0.15, 0.2) is 0 Å². The van der Waals surface area contributed by atoms with Gasteiger partial charge in [0, 0.05) is 19.6 Å². The second-order valence-electron chi connectivity index (χ2n) is 3.73. The highest BCUT2D eigenvalue weighted by molar-refractivity contribution is 4.98. The van der Waals surface area contributed by atoms with Gasteiger partial charge in [0.05, 0.1) is 19.3 Å². The zero-order valence-corrected chi connectivity index (χ0v) is 7.87. The van der Waals surface area contributed by atoms with E-state index < -0.39 is 24.4 Å². The molecule has 6 nitrogen and oxygen atoms in total.